The summed E-state index contributed by atoms with van der Waals surface area (Å²) in [5.74, 6) is -0.925. The van der Waals surface area contributed by atoms with Crippen LogP contribution >= 0.6 is 11.3 Å². The Labute approximate surface area is 127 Å². The molecule has 0 aliphatic carbocycles. The summed E-state index contributed by atoms with van der Waals surface area (Å²) in [6.45, 7) is 1.97. The SMILES string of the molecule is COC(=O)/C(=C\c1ccc(C)s1)NC(=O)c1ccccc1. The van der Waals surface area contributed by atoms with Crippen molar-refractivity contribution in [3.63, 3.8) is 0 Å². The summed E-state index contributed by atoms with van der Waals surface area (Å²) in [6, 6.07) is 12.5. The summed E-state index contributed by atoms with van der Waals surface area (Å²) in [4.78, 5) is 25.9. The number of hydrogen-bond acceptors (Lipinski definition) is 4. The van der Waals surface area contributed by atoms with E-state index in [0.717, 1.165) is 9.75 Å². The van der Waals surface area contributed by atoms with Crippen LogP contribution < -0.4 is 5.32 Å². The molecule has 1 N–H and O–H groups in total. The van der Waals surface area contributed by atoms with Crippen LogP contribution in [-0.2, 0) is 9.53 Å². The zero-order valence-electron chi connectivity index (χ0n) is 11.8. The molecule has 5 heteroatoms. The minimum absolute atomic E-state index is 0.119. The standard InChI is InChI=1S/C16H15NO3S/c1-11-8-9-13(21-11)10-14(16(19)20-2)17-15(18)12-6-4-3-5-7-12/h3-10H,1-2H3,(H,17,18)/b14-10+. The fourth-order valence-corrected chi connectivity index (χ4v) is 2.53. The molecule has 0 fully saturated rings. The van der Waals surface area contributed by atoms with Gasteiger partial charge in [-0.3, -0.25) is 4.79 Å². The van der Waals surface area contributed by atoms with Gasteiger partial charge in [-0.2, -0.15) is 0 Å². The van der Waals surface area contributed by atoms with Crippen LogP contribution in [0, 0.1) is 6.92 Å². The number of nitrogens with one attached hydrogen (secondary N) is 1. The van der Waals surface area contributed by atoms with Crippen molar-refractivity contribution in [3.8, 4) is 0 Å². The van der Waals surface area contributed by atoms with Crippen LogP contribution in [0.3, 0.4) is 0 Å². The van der Waals surface area contributed by atoms with Crippen molar-refractivity contribution < 1.29 is 14.3 Å². The number of thiophene rings is 1. The van der Waals surface area contributed by atoms with Crippen LogP contribution in [0.5, 0.6) is 0 Å². The number of carbonyl (C=O) groups excluding carboxylic acids is 2. The van der Waals surface area contributed by atoms with E-state index in [4.69, 9.17) is 4.74 Å². The second kappa shape index (κ2) is 6.85. The highest BCUT2D eigenvalue weighted by molar-refractivity contribution is 7.12. The molecule has 21 heavy (non-hydrogen) atoms. The van der Waals surface area contributed by atoms with E-state index < -0.39 is 5.97 Å². The summed E-state index contributed by atoms with van der Waals surface area (Å²) >= 11 is 1.53. The molecule has 0 radical (unpaired) electrons. The van der Waals surface area contributed by atoms with E-state index in [9.17, 15) is 9.59 Å². The van der Waals surface area contributed by atoms with Gasteiger partial charge in [0, 0.05) is 15.3 Å². The number of rotatable bonds is 4. The normalized spacial score (nSPS) is 11.0. The topological polar surface area (TPSA) is 55.4 Å². The van der Waals surface area contributed by atoms with Crippen LogP contribution in [0.2, 0.25) is 0 Å². The number of hydrogen-bond donors (Lipinski definition) is 1. The molecule has 2 aromatic rings. The van der Waals surface area contributed by atoms with Gasteiger partial charge in [0.25, 0.3) is 5.91 Å². The maximum atomic E-state index is 12.1. The highest BCUT2D eigenvalue weighted by Gasteiger charge is 2.15. The van der Waals surface area contributed by atoms with Crippen molar-refractivity contribution in [1.82, 2.24) is 5.32 Å². The Balaban J connectivity index is 2.23. The molecule has 0 saturated carbocycles. The van der Waals surface area contributed by atoms with E-state index in [2.05, 4.69) is 5.32 Å². The lowest BCUT2D eigenvalue weighted by Crippen LogP contribution is -2.27. The van der Waals surface area contributed by atoms with E-state index in [-0.39, 0.29) is 11.6 Å². The van der Waals surface area contributed by atoms with Crippen molar-refractivity contribution in [2.45, 2.75) is 6.92 Å². The minimum Gasteiger partial charge on any atom is -0.464 e. The fourth-order valence-electron chi connectivity index (χ4n) is 1.71. The van der Waals surface area contributed by atoms with Gasteiger partial charge in [0.2, 0.25) is 0 Å². The Hall–Kier alpha value is -2.40. The van der Waals surface area contributed by atoms with E-state index in [1.807, 2.05) is 25.1 Å². The van der Waals surface area contributed by atoms with Gasteiger partial charge in [-0.1, -0.05) is 18.2 Å². The lowest BCUT2D eigenvalue weighted by atomic mass is 10.2. The van der Waals surface area contributed by atoms with Crippen molar-refractivity contribution in [3.05, 3.63) is 63.5 Å². The van der Waals surface area contributed by atoms with Gasteiger partial charge in [0.15, 0.2) is 0 Å². The predicted molar refractivity (Wildman–Crippen MR) is 83.0 cm³/mol. The summed E-state index contributed by atoms with van der Waals surface area (Å²) in [6.07, 6.45) is 1.62. The zero-order valence-corrected chi connectivity index (χ0v) is 12.6. The Morgan fingerprint density at radius 2 is 1.86 bits per heavy atom. The number of carbonyl (C=O) groups is 2. The van der Waals surface area contributed by atoms with Crippen LogP contribution in [-0.4, -0.2) is 19.0 Å². The average molecular weight is 301 g/mol. The highest BCUT2D eigenvalue weighted by atomic mass is 32.1. The summed E-state index contributed by atoms with van der Waals surface area (Å²) in [5.41, 5.74) is 0.600. The largest absolute Gasteiger partial charge is 0.464 e. The first-order valence-electron chi connectivity index (χ1n) is 6.33. The molecular formula is C16H15NO3S. The van der Waals surface area contributed by atoms with E-state index in [1.54, 1.807) is 30.3 Å². The summed E-state index contributed by atoms with van der Waals surface area (Å²) in [5, 5.41) is 2.60. The summed E-state index contributed by atoms with van der Waals surface area (Å²) in [7, 11) is 1.28. The van der Waals surface area contributed by atoms with Gasteiger partial charge in [-0.15, -0.1) is 11.3 Å². The van der Waals surface area contributed by atoms with E-state index >= 15 is 0 Å². The van der Waals surface area contributed by atoms with Crippen molar-refractivity contribution in [2.75, 3.05) is 7.11 Å². The Morgan fingerprint density at radius 3 is 2.43 bits per heavy atom. The average Bonchev–Trinajstić information content (AvgIpc) is 2.91. The number of amides is 1. The summed E-state index contributed by atoms with van der Waals surface area (Å²) < 4.78 is 4.71. The smallest absolute Gasteiger partial charge is 0.354 e. The van der Waals surface area contributed by atoms with Gasteiger partial charge < -0.3 is 10.1 Å². The third kappa shape index (κ3) is 4.03. The molecule has 0 aliphatic heterocycles. The maximum Gasteiger partial charge on any atom is 0.354 e. The van der Waals surface area contributed by atoms with Gasteiger partial charge in [0.05, 0.1) is 7.11 Å². The molecule has 1 heterocycles. The lowest BCUT2D eigenvalue weighted by molar-refractivity contribution is -0.136. The van der Waals surface area contributed by atoms with Crippen molar-refractivity contribution in [2.24, 2.45) is 0 Å². The van der Waals surface area contributed by atoms with Crippen LogP contribution in [0.15, 0.2) is 48.2 Å². The molecule has 1 amide bonds. The molecule has 1 aromatic heterocycles. The quantitative estimate of drug-likeness (QED) is 0.697. The number of methoxy groups -OCH3 is 1. The molecule has 0 unspecified atom stereocenters. The number of benzene rings is 1. The maximum absolute atomic E-state index is 12.1. The molecule has 0 saturated heterocycles. The van der Waals surface area contributed by atoms with E-state index in [0.29, 0.717) is 5.56 Å². The molecule has 0 bridgehead atoms. The van der Waals surface area contributed by atoms with E-state index in [1.165, 1.54) is 18.4 Å². The first kappa shape index (κ1) is 15.0. The molecule has 108 valence electrons. The number of esters is 1. The zero-order chi connectivity index (χ0) is 15.2. The molecule has 2 rings (SSSR count). The van der Waals surface area contributed by atoms with Crippen LogP contribution in [0.25, 0.3) is 6.08 Å². The number of aryl methyl sites for hydroxylation is 1. The highest BCUT2D eigenvalue weighted by Crippen LogP contribution is 2.18. The monoisotopic (exact) mass is 301 g/mol. The van der Waals surface area contributed by atoms with Crippen molar-refractivity contribution in [1.29, 1.82) is 0 Å². The Bertz CT molecular complexity index is 674. The van der Waals surface area contributed by atoms with Crippen LogP contribution in [0.1, 0.15) is 20.1 Å². The Morgan fingerprint density at radius 1 is 1.14 bits per heavy atom. The first-order chi connectivity index (χ1) is 10.1. The van der Waals surface area contributed by atoms with Crippen molar-refractivity contribution >= 4 is 29.3 Å². The molecule has 0 spiro atoms. The number of ether oxygens (including phenoxy) is 1. The van der Waals surface area contributed by atoms with Gasteiger partial charge in [-0.05, 0) is 37.3 Å². The second-order valence-corrected chi connectivity index (χ2v) is 5.64. The molecular weight excluding hydrogens is 286 g/mol. The predicted octanol–water partition coefficient (Wildman–Crippen LogP) is 3.00. The third-order valence-electron chi connectivity index (χ3n) is 2.74. The molecule has 4 nitrogen and oxygen atoms in total. The minimum atomic E-state index is -0.578. The Kier molecular flexibility index (Phi) is 4.90. The molecule has 0 aliphatic rings. The molecule has 0 atom stereocenters. The van der Waals surface area contributed by atoms with Gasteiger partial charge >= 0.3 is 5.97 Å². The fraction of sp³-hybridized carbons (Fsp3) is 0.125. The second-order valence-electron chi connectivity index (χ2n) is 4.32. The van der Waals surface area contributed by atoms with Gasteiger partial charge in [0.1, 0.15) is 5.70 Å². The lowest BCUT2D eigenvalue weighted by Gasteiger charge is -2.07. The van der Waals surface area contributed by atoms with Gasteiger partial charge in [-0.25, -0.2) is 4.79 Å². The molecule has 1 aromatic carbocycles. The third-order valence-corrected chi connectivity index (χ3v) is 3.68. The first-order valence-corrected chi connectivity index (χ1v) is 7.14. The van der Waals surface area contributed by atoms with Crippen LogP contribution in [0.4, 0.5) is 0 Å².